The number of hydrogen-bond acceptors (Lipinski definition) is 4. The van der Waals surface area contributed by atoms with Crippen molar-refractivity contribution in [1.29, 1.82) is 0 Å². The fourth-order valence-corrected chi connectivity index (χ4v) is 2.85. The molecule has 3 aromatic rings. The van der Waals surface area contributed by atoms with Crippen LogP contribution in [0.4, 0.5) is 0 Å². The number of rotatable bonds is 3. The van der Waals surface area contributed by atoms with E-state index in [9.17, 15) is 4.79 Å². The standard InChI is InChI=1S/C17H15N3OS/c1-4-12-13-10-18-17(22-3)19-15(13)20(2)16(21)14(12)11-8-6-5-7-9-11/h4-10H,1H2,2-3H3. The van der Waals surface area contributed by atoms with Crippen LogP contribution in [0.2, 0.25) is 0 Å². The first-order chi connectivity index (χ1) is 10.7. The Balaban J connectivity index is 2.47. The molecule has 0 atom stereocenters. The van der Waals surface area contributed by atoms with Gasteiger partial charge in [0.25, 0.3) is 5.56 Å². The average Bonchev–Trinajstić information content (AvgIpc) is 2.58. The zero-order valence-corrected chi connectivity index (χ0v) is 13.2. The summed E-state index contributed by atoms with van der Waals surface area (Å²) in [5, 5.41) is 1.47. The second kappa shape index (κ2) is 5.77. The molecule has 22 heavy (non-hydrogen) atoms. The summed E-state index contributed by atoms with van der Waals surface area (Å²) >= 11 is 1.45. The van der Waals surface area contributed by atoms with Gasteiger partial charge in [0.15, 0.2) is 5.16 Å². The Morgan fingerprint density at radius 1 is 1.27 bits per heavy atom. The second-order valence-electron chi connectivity index (χ2n) is 4.82. The molecule has 0 bridgehead atoms. The Morgan fingerprint density at radius 3 is 2.64 bits per heavy atom. The van der Waals surface area contributed by atoms with Gasteiger partial charge in [0.2, 0.25) is 0 Å². The van der Waals surface area contributed by atoms with Crippen molar-refractivity contribution >= 4 is 28.9 Å². The van der Waals surface area contributed by atoms with Gasteiger partial charge in [-0.1, -0.05) is 54.7 Å². The minimum atomic E-state index is -0.0839. The van der Waals surface area contributed by atoms with Crippen LogP contribution in [0.25, 0.3) is 28.2 Å². The summed E-state index contributed by atoms with van der Waals surface area (Å²) in [6.45, 7) is 3.87. The van der Waals surface area contributed by atoms with Gasteiger partial charge in [0.1, 0.15) is 5.65 Å². The molecule has 5 heteroatoms. The maximum atomic E-state index is 12.8. The van der Waals surface area contributed by atoms with Crippen LogP contribution in [0.15, 0.2) is 53.1 Å². The summed E-state index contributed by atoms with van der Waals surface area (Å²) in [5.41, 5.74) is 2.81. The second-order valence-corrected chi connectivity index (χ2v) is 5.59. The molecule has 0 spiro atoms. The molecule has 0 unspecified atom stereocenters. The van der Waals surface area contributed by atoms with Crippen molar-refractivity contribution in [3.63, 3.8) is 0 Å². The quantitative estimate of drug-likeness (QED) is 0.550. The predicted octanol–water partition coefficient (Wildman–Crippen LogP) is 3.36. The lowest BCUT2D eigenvalue weighted by Crippen LogP contribution is -2.21. The van der Waals surface area contributed by atoms with Crippen molar-refractivity contribution in [1.82, 2.24) is 14.5 Å². The number of hydrogen-bond donors (Lipinski definition) is 0. The Morgan fingerprint density at radius 2 is 2.00 bits per heavy atom. The lowest BCUT2D eigenvalue weighted by molar-refractivity contribution is 0.861. The fourth-order valence-electron chi connectivity index (χ4n) is 2.51. The molecule has 0 saturated heterocycles. The van der Waals surface area contributed by atoms with Crippen LogP contribution < -0.4 is 5.56 Å². The van der Waals surface area contributed by atoms with Gasteiger partial charge < -0.3 is 0 Å². The highest BCUT2D eigenvalue weighted by Crippen LogP contribution is 2.27. The minimum Gasteiger partial charge on any atom is -0.295 e. The lowest BCUT2D eigenvalue weighted by Gasteiger charge is -2.13. The molecule has 1 aromatic carbocycles. The highest BCUT2D eigenvalue weighted by atomic mass is 32.2. The van der Waals surface area contributed by atoms with Crippen LogP contribution in [0, 0.1) is 0 Å². The van der Waals surface area contributed by atoms with Gasteiger partial charge in [-0.3, -0.25) is 9.36 Å². The molecule has 0 N–H and O–H groups in total. The van der Waals surface area contributed by atoms with Crippen LogP contribution in [0.3, 0.4) is 0 Å². The smallest absolute Gasteiger partial charge is 0.260 e. The van der Waals surface area contributed by atoms with E-state index < -0.39 is 0 Å². The van der Waals surface area contributed by atoms with E-state index in [0.29, 0.717) is 16.4 Å². The van der Waals surface area contributed by atoms with Crippen LogP contribution >= 0.6 is 11.8 Å². The third kappa shape index (κ3) is 2.23. The van der Waals surface area contributed by atoms with Crippen molar-refractivity contribution in [2.75, 3.05) is 6.26 Å². The van der Waals surface area contributed by atoms with Crippen LogP contribution in [-0.2, 0) is 7.05 Å². The van der Waals surface area contributed by atoms with Crippen molar-refractivity contribution < 1.29 is 0 Å². The van der Waals surface area contributed by atoms with E-state index in [1.807, 2.05) is 36.6 Å². The summed E-state index contributed by atoms with van der Waals surface area (Å²) in [5.74, 6) is 0. The van der Waals surface area contributed by atoms with E-state index in [0.717, 1.165) is 16.5 Å². The lowest BCUT2D eigenvalue weighted by atomic mass is 9.99. The van der Waals surface area contributed by atoms with E-state index in [-0.39, 0.29) is 5.56 Å². The summed E-state index contributed by atoms with van der Waals surface area (Å²) in [6.07, 6.45) is 5.37. The molecule has 0 radical (unpaired) electrons. The molecule has 0 aliphatic carbocycles. The molecule has 0 saturated carbocycles. The van der Waals surface area contributed by atoms with Gasteiger partial charge in [-0.05, 0) is 17.4 Å². The van der Waals surface area contributed by atoms with Crippen molar-refractivity contribution in [3.8, 4) is 11.1 Å². The monoisotopic (exact) mass is 309 g/mol. The van der Waals surface area contributed by atoms with Gasteiger partial charge in [0.05, 0.1) is 5.56 Å². The molecule has 110 valence electrons. The molecule has 0 aliphatic heterocycles. The largest absolute Gasteiger partial charge is 0.295 e. The van der Waals surface area contributed by atoms with Gasteiger partial charge in [-0.15, -0.1) is 0 Å². The van der Waals surface area contributed by atoms with Gasteiger partial charge >= 0.3 is 0 Å². The molecule has 0 amide bonds. The first-order valence-electron chi connectivity index (χ1n) is 6.79. The van der Waals surface area contributed by atoms with E-state index in [2.05, 4.69) is 16.5 Å². The molecule has 3 rings (SSSR count). The third-order valence-corrected chi connectivity index (χ3v) is 4.15. The Kier molecular flexibility index (Phi) is 3.81. The Bertz CT molecular complexity index is 917. The summed E-state index contributed by atoms with van der Waals surface area (Å²) in [7, 11) is 1.74. The van der Waals surface area contributed by atoms with Crippen LogP contribution in [0.1, 0.15) is 5.56 Å². The molecular weight excluding hydrogens is 294 g/mol. The SMILES string of the molecule is C=Cc1c(-c2ccccc2)c(=O)n(C)c2nc(SC)ncc12. The van der Waals surface area contributed by atoms with Gasteiger partial charge in [-0.25, -0.2) is 9.97 Å². The highest BCUT2D eigenvalue weighted by Gasteiger charge is 2.16. The Hall–Kier alpha value is -2.40. The maximum Gasteiger partial charge on any atom is 0.260 e. The number of nitrogens with zero attached hydrogens (tertiary/aromatic N) is 3. The predicted molar refractivity (Wildman–Crippen MR) is 92.1 cm³/mol. The third-order valence-electron chi connectivity index (χ3n) is 3.59. The molecule has 0 fully saturated rings. The van der Waals surface area contributed by atoms with E-state index >= 15 is 0 Å². The van der Waals surface area contributed by atoms with Crippen LogP contribution in [0.5, 0.6) is 0 Å². The number of aromatic nitrogens is 3. The zero-order valence-electron chi connectivity index (χ0n) is 12.4. The van der Waals surface area contributed by atoms with Crippen molar-refractivity contribution in [2.45, 2.75) is 5.16 Å². The first kappa shape index (κ1) is 14.5. The zero-order chi connectivity index (χ0) is 15.7. The maximum absolute atomic E-state index is 12.8. The molecule has 4 nitrogen and oxygen atoms in total. The average molecular weight is 309 g/mol. The summed E-state index contributed by atoms with van der Waals surface area (Å²) < 4.78 is 1.58. The van der Waals surface area contributed by atoms with Crippen molar-refractivity contribution in [2.24, 2.45) is 7.05 Å². The number of benzene rings is 1. The number of pyridine rings is 1. The number of fused-ring (bicyclic) bond motifs is 1. The normalized spacial score (nSPS) is 10.8. The van der Waals surface area contributed by atoms with E-state index in [1.54, 1.807) is 23.9 Å². The summed E-state index contributed by atoms with van der Waals surface area (Å²) in [4.78, 5) is 21.6. The van der Waals surface area contributed by atoms with Crippen LogP contribution in [-0.4, -0.2) is 20.8 Å². The first-order valence-corrected chi connectivity index (χ1v) is 8.01. The molecule has 2 heterocycles. The Labute approximate surface area is 132 Å². The number of aryl methyl sites for hydroxylation is 1. The molecule has 0 aliphatic rings. The van der Waals surface area contributed by atoms with Gasteiger partial charge in [-0.2, -0.15) is 0 Å². The summed E-state index contributed by atoms with van der Waals surface area (Å²) in [6, 6.07) is 9.61. The van der Waals surface area contributed by atoms with E-state index in [1.165, 1.54) is 11.8 Å². The molecule has 2 aromatic heterocycles. The van der Waals surface area contributed by atoms with Gasteiger partial charge in [0, 0.05) is 18.6 Å². The van der Waals surface area contributed by atoms with Crippen molar-refractivity contribution in [3.05, 3.63) is 59.0 Å². The molecular formula is C17H15N3OS. The van der Waals surface area contributed by atoms with E-state index in [4.69, 9.17) is 0 Å². The topological polar surface area (TPSA) is 47.8 Å². The minimum absolute atomic E-state index is 0.0839. The highest BCUT2D eigenvalue weighted by molar-refractivity contribution is 7.98. The fraction of sp³-hybridized carbons (Fsp3) is 0.118. The number of thioether (sulfide) groups is 1.